The number of amides is 6. The van der Waals surface area contributed by atoms with Gasteiger partial charge in [0.25, 0.3) is 10.1 Å². The maximum absolute atomic E-state index is 13.9. The number of rotatable bonds is 35. The molecule has 10 N–H and O–H groups in total. The summed E-state index contributed by atoms with van der Waals surface area (Å²) in [7, 11) is -8.06. The maximum atomic E-state index is 13.9. The number of anilines is 3. The third-order valence-corrected chi connectivity index (χ3v) is 22.5. The zero-order chi connectivity index (χ0) is 72.5. The molecule has 0 spiro atoms. The minimum Gasteiger partial charge on any atom is -0.476 e. The number of nitrogens with two attached hydrogens (primary N) is 1. The molecule has 3 aromatic heterocycles. The maximum Gasteiger partial charge on any atom is 0.410 e. The highest BCUT2D eigenvalue weighted by atomic mass is 32.2. The van der Waals surface area contributed by atoms with E-state index in [1.807, 2.05) is 41.9 Å². The molecule has 2 unspecified atom stereocenters. The molecule has 30 heteroatoms. The number of aromatic nitrogens is 4. The normalized spacial score (nSPS) is 20.6. The van der Waals surface area contributed by atoms with E-state index in [1.54, 1.807) is 55.6 Å². The van der Waals surface area contributed by atoms with Crippen molar-refractivity contribution in [2.45, 2.75) is 162 Å². The molecular weight excluding hydrogens is 1360 g/mol. The van der Waals surface area contributed by atoms with Gasteiger partial charge in [0.15, 0.2) is 10.8 Å². The number of benzene rings is 3. The van der Waals surface area contributed by atoms with Crippen molar-refractivity contribution >= 4 is 94.1 Å². The fourth-order valence-electron chi connectivity index (χ4n) is 16.2. The van der Waals surface area contributed by atoms with E-state index in [0.717, 1.165) is 70.5 Å². The minimum absolute atomic E-state index is 0.0420. The van der Waals surface area contributed by atoms with Crippen molar-refractivity contribution in [3.63, 3.8) is 0 Å². The first-order valence-electron chi connectivity index (χ1n) is 34.3. The van der Waals surface area contributed by atoms with Crippen LogP contribution in [0.25, 0.3) is 21.3 Å². The van der Waals surface area contributed by atoms with Gasteiger partial charge in [-0.25, -0.2) is 37.5 Å². The molecular formula is C71H93N13O14S3. The molecule has 11 rings (SSSR count). The number of aromatic carboxylic acids is 1. The van der Waals surface area contributed by atoms with E-state index in [1.165, 1.54) is 16.0 Å². The predicted molar refractivity (Wildman–Crippen MR) is 385 cm³/mol. The Morgan fingerprint density at radius 2 is 1.59 bits per heavy atom. The number of para-hydroxylation sites is 1. The first-order chi connectivity index (χ1) is 47.9. The van der Waals surface area contributed by atoms with E-state index in [2.05, 4.69) is 80.9 Å². The summed E-state index contributed by atoms with van der Waals surface area (Å²) < 4.78 is 75.4. The number of nitrogens with one attached hydrogen (secondary N) is 6. The molecule has 27 nitrogen and oxygen atoms in total. The first kappa shape index (κ1) is 75.1. The van der Waals surface area contributed by atoms with Gasteiger partial charge in [0.2, 0.25) is 27.7 Å². The topological polar surface area (TPSA) is 378 Å². The van der Waals surface area contributed by atoms with Gasteiger partial charge in [-0.2, -0.15) is 13.5 Å². The summed E-state index contributed by atoms with van der Waals surface area (Å²) in [6.07, 6.45) is 8.60. The number of unbranched alkanes of at least 4 members (excludes halogenated alkanes) is 2. The third-order valence-electron chi connectivity index (χ3n) is 19.7. The Balaban J connectivity index is 0.747. The standard InChI is InChI=1S/C71H93N13O14S3/c1-7-100(92,93)76-29-12-8-9-20-59(85)81-60(46(2)3)63(87)78-56(18-14-28-73-65(72)90)62(86)77-51-23-21-48(22-24-51)38-97-67(91)82(32-34-101(94,95)96)31-33-98-71-42-68(5)39-69(6,43-71)41-70(40-68,44-71)45-84-47(4)53(36-75-84)52-25-26-58(80-61(52)64(88)89)83-30-27-49-15-13-16-50(54(49)37-83)35-74-66-79-55-17-10-11-19-57(55)99-66/h7,10-11,13,15-17,19,21-26,36,46,56,60,76H,1,8-9,12,14,18,20,27-35,37-45H2,2-6H3,(H,74,79)(H,77,86)(H,78,87)(H,81,85)(H,88,89)(H3,72,73,90)(H,94,95,96)/t56-,60-,68?,69?,70?,71?/m0/s1. The average Bonchev–Trinajstić information content (AvgIpc) is 0.802. The van der Waals surface area contributed by atoms with Crippen molar-refractivity contribution in [2.24, 2.45) is 27.9 Å². The van der Waals surface area contributed by atoms with Crippen molar-refractivity contribution in [3.05, 3.63) is 131 Å². The molecule has 3 aromatic carbocycles. The summed E-state index contributed by atoms with van der Waals surface area (Å²) in [5.41, 5.74) is 11.5. The van der Waals surface area contributed by atoms with Crippen molar-refractivity contribution in [3.8, 4) is 11.1 Å². The number of urea groups is 1. The summed E-state index contributed by atoms with van der Waals surface area (Å²) >= 11 is 1.61. The van der Waals surface area contributed by atoms with Crippen LogP contribution < -0.4 is 41.9 Å². The Morgan fingerprint density at radius 1 is 0.842 bits per heavy atom. The molecule has 1 aliphatic heterocycles. The second kappa shape index (κ2) is 31.8. The second-order valence-electron chi connectivity index (χ2n) is 28.7. The lowest BCUT2D eigenvalue weighted by Crippen LogP contribution is -2.64. The highest BCUT2D eigenvalue weighted by molar-refractivity contribution is 7.92. The molecule has 6 aromatic rings. The summed E-state index contributed by atoms with van der Waals surface area (Å²) in [4.78, 5) is 92.0. The van der Waals surface area contributed by atoms with Gasteiger partial charge in [0.05, 0.1) is 34.4 Å². The molecule has 0 radical (unpaired) electrons. The van der Waals surface area contributed by atoms with E-state index in [4.69, 9.17) is 30.3 Å². The number of carboxylic acids is 1. The SMILES string of the molecule is C=CS(=O)(=O)NCCCCCC(=O)N[C@H](C(=O)N[C@@H](CCCNC(N)=O)C(=O)Nc1ccc(COC(=O)N(CCOC23CC4(C)CC(C)(CC(Cn5ncc(-c6ccc(N7CCc8cccc(CNc9nc%10ccccc%10s9)c8C7)nc6C(=O)O)c5C)(C4)C2)C3)CCS(=O)(=O)O)cc1)C(C)C. The predicted octanol–water partition coefficient (Wildman–Crippen LogP) is 9.03. The quantitative estimate of drug-likeness (QED) is 0.0132. The van der Waals surface area contributed by atoms with E-state index >= 15 is 0 Å². The van der Waals surface area contributed by atoms with Gasteiger partial charge in [0.1, 0.15) is 24.5 Å². The highest BCUT2D eigenvalue weighted by Gasteiger charge is 2.66. The van der Waals surface area contributed by atoms with E-state index in [9.17, 15) is 55.3 Å². The highest BCUT2D eigenvalue weighted by Crippen LogP contribution is 2.72. The largest absolute Gasteiger partial charge is 0.476 e. The van der Waals surface area contributed by atoms with E-state index < -0.39 is 79.4 Å². The van der Waals surface area contributed by atoms with Gasteiger partial charge in [-0.3, -0.25) is 23.6 Å². The molecule has 4 bridgehead atoms. The molecule has 0 saturated heterocycles. The number of ether oxygens (including phenoxy) is 2. The van der Waals surface area contributed by atoms with Gasteiger partial charge in [-0.05, 0) is 158 Å². The van der Waals surface area contributed by atoms with Crippen LogP contribution in [0.4, 0.5) is 26.2 Å². The van der Waals surface area contributed by atoms with Crippen LogP contribution in [0.1, 0.15) is 143 Å². The number of carbonyl (C=O) groups is 6. The summed E-state index contributed by atoms with van der Waals surface area (Å²) in [6.45, 7) is 15.3. The minimum atomic E-state index is -4.50. The van der Waals surface area contributed by atoms with Crippen LogP contribution in [0, 0.1) is 29.1 Å². The van der Waals surface area contributed by atoms with Crippen LogP contribution in [0.5, 0.6) is 0 Å². The summed E-state index contributed by atoms with van der Waals surface area (Å²) in [6, 6.07) is 21.6. The Kier molecular flexibility index (Phi) is 23.6. The fourth-order valence-corrected chi connectivity index (χ4v) is 18.1. The van der Waals surface area contributed by atoms with Gasteiger partial charge < -0.3 is 56.7 Å². The van der Waals surface area contributed by atoms with Crippen molar-refractivity contribution in [1.82, 2.24) is 45.3 Å². The van der Waals surface area contributed by atoms with Crippen LogP contribution in [0.15, 0.2) is 97.0 Å². The lowest BCUT2D eigenvalue weighted by molar-refractivity contribution is -0.248. The van der Waals surface area contributed by atoms with E-state index in [-0.39, 0.29) is 86.5 Å². The smallest absolute Gasteiger partial charge is 0.410 e. The van der Waals surface area contributed by atoms with Crippen molar-refractivity contribution in [2.75, 3.05) is 60.6 Å². The number of sulfonamides is 1. The van der Waals surface area contributed by atoms with Crippen LogP contribution >= 0.6 is 11.3 Å². The summed E-state index contributed by atoms with van der Waals surface area (Å²) in [5, 5.41) is 31.7. The van der Waals surface area contributed by atoms with Gasteiger partial charge in [0, 0.05) is 86.7 Å². The van der Waals surface area contributed by atoms with Gasteiger partial charge >= 0.3 is 18.1 Å². The molecule has 101 heavy (non-hydrogen) atoms. The number of hydrogen-bond acceptors (Lipinski definition) is 18. The zero-order valence-corrected chi connectivity index (χ0v) is 60.3. The Labute approximate surface area is 593 Å². The van der Waals surface area contributed by atoms with Crippen LogP contribution in [-0.2, 0) is 76.7 Å². The number of hydrogen-bond donors (Lipinski definition) is 9. The van der Waals surface area contributed by atoms with Crippen LogP contribution in [0.2, 0.25) is 0 Å². The monoisotopic (exact) mass is 1450 g/mol. The number of primary amides is 1. The molecule has 4 aliphatic carbocycles. The fraction of sp³-hybridized carbons (Fsp3) is 0.507. The summed E-state index contributed by atoms with van der Waals surface area (Å²) in [5.74, 6) is -3.30. The first-order valence-corrected chi connectivity index (χ1v) is 38.3. The molecule has 544 valence electrons. The Hall–Kier alpha value is -8.55. The number of fused-ring (bicyclic) bond motifs is 2. The Bertz CT molecular complexity index is 4230. The van der Waals surface area contributed by atoms with Crippen molar-refractivity contribution < 1.29 is 64.7 Å². The molecule has 4 heterocycles. The zero-order valence-electron chi connectivity index (χ0n) is 57.8. The molecule has 4 atom stereocenters. The van der Waals surface area contributed by atoms with Gasteiger partial charge in [-0.15, -0.1) is 0 Å². The number of carboxylic acid groups (broad SMARTS) is 1. The Morgan fingerprint density at radius 3 is 2.30 bits per heavy atom. The third kappa shape index (κ3) is 19.6. The average molecular weight is 1450 g/mol. The number of pyridine rings is 1. The number of nitrogens with zero attached hydrogens (tertiary/aromatic N) is 6. The molecule has 5 aliphatic rings. The lowest BCUT2D eigenvalue weighted by Gasteiger charge is -2.69. The second-order valence-corrected chi connectivity index (χ2v) is 33.0. The van der Waals surface area contributed by atoms with Crippen LogP contribution in [-0.4, -0.2) is 150 Å². The molecule has 4 saturated carbocycles. The number of thiazole rings is 1. The van der Waals surface area contributed by atoms with E-state index in [0.29, 0.717) is 80.1 Å². The molecule has 6 amide bonds. The number of carbonyl (C=O) groups excluding carboxylic acids is 5. The lowest BCUT2D eigenvalue weighted by atomic mass is 9.39. The molecule has 4 fully saturated rings. The van der Waals surface area contributed by atoms with Gasteiger partial charge in [-0.1, -0.05) is 94.5 Å². The van der Waals surface area contributed by atoms with Crippen molar-refractivity contribution in [1.29, 1.82) is 0 Å². The van der Waals surface area contributed by atoms with Crippen LogP contribution in [0.3, 0.4) is 0 Å².